The molecule has 11 heteroatoms. The lowest BCUT2D eigenvalue weighted by molar-refractivity contribution is -0.115. The Morgan fingerprint density at radius 3 is 2.32 bits per heavy atom. The van der Waals surface area contributed by atoms with Crippen LogP contribution in [0.4, 0.5) is 20.5 Å². The summed E-state index contributed by atoms with van der Waals surface area (Å²) in [5.74, 6) is -3.44. The highest BCUT2D eigenvalue weighted by Gasteiger charge is 2.25. The van der Waals surface area contributed by atoms with Crippen LogP contribution < -0.4 is 16.8 Å². The van der Waals surface area contributed by atoms with Crippen LogP contribution in [-0.4, -0.2) is 26.8 Å². The maximum Gasteiger partial charge on any atom is 0.254 e. The molecule has 0 unspecified atom stereocenters. The normalized spacial score (nSPS) is 11.8. The van der Waals surface area contributed by atoms with Crippen LogP contribution in [0.15, 0.2) is 22.7 Å². The van der Waals surface area contributed by atoms with Gasteiger partial charge in [0, 0.05) is 23.2 Å². The molecule has 0 aliphatic rings. The van der Waals surface area contributed by atoms with Crippen molar-refractivity contribution in [2.75, 3.05) is 11.1 Å². The molecule has 0 saturated heterocycles. The molecule has 0 radical (unpaired) electrons. The first-order chi connectivity index (χ1) is 15.8. The average molecular weight is 475 g/mol. The van der Waals surface area contributed by atoms with E-state index in [0.717, 1.165) is 12.1 Å². The number of nitrogens with zero attached hydrogens (tertiary/aromatic N) is 3. The van der Waals surface area contributed by atoms with E-state index < -0.39 is 35.4 Å². The highest BCUT2D eigenvalue weighted by Crippen LogP contribution is 2.31. The minimum absolute atomic E-state index is 0.000317. The van der Waals surface area contributed by atoms with Gasteiger partial charge in [-0.15, -0.1) is 0 Å². The first-order valence-corrected chi connectivity index (χ1v) is 10.7. The van der Waals surface area contributed by atoms with E-state index >= 15 is 0 Å². The highest BCUT2D eigenvalue weighted by atomic mass is 19.1. The second-order valence-corrected chi connectivity index (χ2v) is 9.57. The number of carbonyl (C=O) groups excluding carboxylic acids is 2. The second-order valence-electron chi connectivity index (χ2n) is 9.57. The topological polar surface area (TPSA) is 142 Å². The van der Waals surface area contributed by atoms with Crippen LogP contribution in [0, 0.1) is 17.0 Å². The monoisotopic (exact) mass is 474 g/mol. The molecule has 0 spiro atoms. The number of carbonyl (C=O) groups is 2. The molecule has 0 bridgehead atoms. The Morgan fingerprint density at radius 1 is 1.18 bits per heavy atom. The van der Waals surface area contributed by atoms with Gasteiger partial charge in [-0.3, -0.25) is 14.9 Å². The molecular weight excluding hydrogens is 446 g/mol. The van der Waals surface area contributed by atoms with Crippen LogP contribution in [0.5, 0.6) is 0 Å². The predicted octanol–water partition coefficient (Wildman–Crippen LogP) is 3.85. The molecular formula is C23H28F2N6O3. The lowest BCUT2D eigenvalue weighted by atomic mass is 9.91. The van der Waals surface area contributed by atoms with Crippen LogP contribution in [0.25, 0.3) is 11.3 Å². The summed E-state index contributed by atoms with van der Waals surface area (Å²) in [6, 6.07) is 3.32. The SMILES string of the molecule is CC(C)n1nc(-c2cc(F)c(CC(=O)Nc3cc(CC(C)(C)C)no3)c(F)c2)c(C(N)=O)c1N. The van der Waals surface area contributed by atoms with E-state index in [9.17, 15) is 18.4 Å². The van der Waals surface area contributed by atoms with Gasteiger partial charge in [0.05, 0.1) is 12.1 Å². The maximum absolute atomic E-state index is 14.8. The van der Waals surface area contributed by atoms with Gasteiger partial charge >= 0.3 is 0 Å². The number of hydrogen-bond donors (Lipinski definition) is 3. The number of hydrogen-bond acceptors (Lipinski definition) is 6. The number of rotatable bonds is 7. The number of anilines is 2. The van der Waals surface area contributed by atoms with Crippen LogP contribution >= 0.6 is 0 Å². The molecule has 9 nitrogen and oxygen atoms in total. The van der Waals surface area contributed by atoms with Crippen LogP contribution in [0.2, 0.25) is 0 Å². The number of nitrogens with one attached hydrogen (secondary N) is 1. The largest absolute Gasteiger partial charge is 0.383 e. The lowest BCUT2D eigenvalue weighted by Gasteiger charge is -2.14. The number of halogens is 2. The van der Waals surface area contributed by atoms with Gasteiger partial charge in [-0.1, -0.05) is 25.9 Å². The van der Waals surface area contributed by atoms with E-state index in [2.05, 4.69) is 15.6 Å². The molecule has 3 rings (SSSR count). The quantitative estimate of drug-likeness (QED) is 0.475. The number of aromatic nitrogens is 3. The minimum Gasteiger partial charge on any atom is -0.383 e. The fraction of sp³-hybridized carbons (Fsp3) is 0.391. The van der Waals surface area contributed by atoms with E-state index in [-0.39, 0.29) is 40.0 Å². The number of benzene rings is 1. The molecule has 2 amide bonds. The van der Waals surface area contributed by atoms with Gasteiger partial charge in [0.25, 0.3) is 5.91 Å². The summed E-state index contributed by atoms with van der Waals surface area (Å²) in [6.07, 6.45) is 0.0416. The number of nitrogens with two attached hydrogens (primary N) is 2. The molecule has 2 aromatic heterocycles. The molecule has 0 aliphatic heterocycles. The Balaban J connectivity index is 1.84. The van der Waals surface area contributed by atoms with Gasteiger partial charge in [-0.25, -0.2) is 13.5 Å². The van der Waals surface area contributed by atoms with Gasteiger partial charge in [0.2, 0.25) is 11.8 Å². The zero-order valence-electron chi connectivity index (χ0n) is 19.7. The van der Waals surface area contributed by atoms with Crippen molar-refractivity contribution < 1.29 is 22.9 Å². The third kappa shape index (κ3) is 5.41. The first kappa shape index (κ1) is 24.9. The Hall–Kier alpha value is -3.76. The molecule has 0 aliphatic carbocycles. The fourth-order valence-corrected chi connectivity index (χ4v) is 3.53. The molecule has 2 heterocycles. The van der Waals surface area contributed by atoms with Gasteiger partial charge in [0.15, 0.2) is 0 Å². The summed E-state index contributed by atoms with van der Waals surface area (Å²) in [4.78, 5) is 24.3. The van der Waals surface area contributed by atoms with Crippen molar-refractivity contribution in [3.05, 3.63) is 46.7 Å². The molecule has 0 fully saturated rings. The van der Waals surface area contributed by atoms with Gasteiger partial charge in [0.1, 0.15) is 28.7 Å². The summed E-state index contributed by atoms with van der Waals surface area (Å²) >= 11 is 0. The van der Waals surface area contributed by atoms with Crippen LogP contribution in [-0.2, 0) is 17.6 Å². The number of primary amides is 1. The zero-order valence-corrected chi connectivity index (χ0v) is 19.7. The second kappa shape index (κ2) is 9.24. The molecule has 3 aromatic rings. The molecule has 182 valence electrons. The highest BCUT2D eigenvalue weighted by molar-refractivity contribution is 6.03. The van der Waals surface area contributed by atoms with Crippen molar-refractivity contribution in [2.24, 2.45) is 11.1 Å². The van der Waals surface area contributed by atoms with E-state index in [1.165, 1.54) is 4.68 Å². The molecule has 1 aromatic carbocycles. The molecule has 0 saturated carbocycles. The predicted molar refractivity (Wildman–Crippen MR) is 123 cm³/mol. The van der Waals surface area contributed by atoms with E-state index in [0.29, 0.717) is 12.1 Å². The Morgan fingerprint density at radius 2 is 1.79 bits per heavy atom. The Kier molecular flexibility index (Phi) is 6.76. The van der Waals surface area contributed by atoms with Crippen molar-refractivity contribution >= 4 is 23.5 Å². The number of amides is 2. The van der Waals surface area contributed by atoms with Crippen molar-refractivity contribution in [2.45, 2.75) is 53.5 Å². The summed E-state index contributed by atoms with van der Waals surface area (Å²) in [5.41, 5.74) is 11.4. The zero-order chi connectivity index (χ0) is 25.4. The fourth-order valence-electron chi connectivity index (χ4n) is 3.53. The summed E-state index contributed by atoms with van der Waals surface area (Å²) < 4.78 is 36.1. The van der Waals surface area contributed by atoms with Crippen molar-refractivity contribution in [1.29, 1.82) is 0 Å². The lowest BCUT2D eigenvalue weighted by Crippen LogP contribution is -2.16. The summed E-state index contributed by atoms with van der Waals surface area (Å²) in [5, 5.41) is 10.6. The van der Waals surface area contributed by atoms with Crippen LogP contribution in [0.1, 0.15) is 62.3 Å². The third-order valence-corrected chi connectivity index (χ3v) is 4.97. The Bertz CT molecular complexity index is 1220. The molecule has 5 N–H and O–H groups in total. The summed E-state index contributed by atoms with van der Waals surface area (Å²) in [6.45, 7) is 9.65. The molecule has 34 heavy (non-hydrogen) atoms. The molecule has 0 atom stereocenters. The van der Waals surface area contributed by atoms with E-state index in [1.807, 2.05) is 20.8 Å². The van der Waals surface area contributed by atoms with Crippen molar-refractivity contribution in [1.82, 2.24) is 14.9 Å². The minimum atomic E-state index is -0.982. The van der Waals surface area contributed by atoms with Crippen LogP contribution in [0.3, 0.4) is 0 Å². The smallest absolute Gasteiger partial charge is 0.254 e. The van der Waals surface area contributed by atoms with Gasteiger partial charge in [-0.05, 0) is 37.8 Å². The van der Waals surface area contributed by atoms with Crippen molar-refractivity contribution in [3.63, 3.8) is 0 Å². The van der Waals surface area contributed by atoms with Gasteiger partial charge in [-0.2, -0.15) is 5.10 Å². The van der Waals surface area contributed by atoms with E-state index in [4.69, 9.17) is 16.0 Å². The van der Waals surface area contributed by atoms with Crippen molar-refractivity contribution in [3.8, 4) is 11.3 Å². The summed E-state index contributed by atoms with van der Waals surface area (Å²) in [7, 11) is 0. The maximum atomic E-state index is 14.8. The first-order valence-electron chi connectivity index (χ1n) is 10.7. The standard InChI is InChI=1S/C23H28F2N6O3/c1-11(2)31-21(26)19(22(27)33)20(29-31)12-6-15(24)14(16(25)7-12)9-17(32)28-18-8-13(30-34-18)10-23(3,4)5/h6-8,11H,9-10,26H2,1-5H3,(H2,27,33)(H,28,32). The third-order valence-electron chi connectivity index (χ3n) is 4.97. The van der Waals surface area contributed by atoms with E-state index in [1.54, 1.807) is 19.9 Å². The Labute approximate surface area is 195 Å². The van der Waals surface area contributed by atoms with Gasteiger partial charge < -0.3 is 16.0 Å². The number of nitrogen functional groups attached to an aromatic ring is 1. The average Bonchev–Trinajstić information content (AvgIpc) is 3.26.